The van der Waals surface area contributed by atoms with Gasteiger partial charge in [-0.1, -0.05) is 6.08 Å². The third-order valence-corrected chi connectivity index (χ3v) is 12.9. The van der Waals surface area contributed by atoms with E-state index in [9.17, 15) is 19.8 Å². The third kappa shape index (κ3) is 7.37. The summed E-state index contributed by atoms with van der Waals surface area (Å²) in [6, 6.07) is 0. The Morgan fingerprint density at radius 3 is 2.91 bits per heavy atom. The van der Waals surface area contributed by atoms with Gasteiger partial charge in [0.25, 0.3) is 0 Å². The van der Waals surface area contributed by atoms with Gasteiger partial charge in [0.2, 0.25) is 0 Å². The van der Waals surface area contributed by atoms with Gasteiger partial charge in [-0.15, -0.1) is 0 Å². The number of aliphatic hydroxyl groups is 2. The molecule has 4 atom stereocenters. The molecular formula is C26H33ClIO5S+. The van der Waals surface area contributed by atoms with Crippen LogP contribution in [-0.4, -0.2) is 44.2 Å². The molecule has 1 aromatic heterocycles. The summed E-state index contributed by atoms with van der Waals surface area (Å²) in [4.78, 5) is 27.7. The summed E-state index contributed by atoms with van der Waals surface area (Å²) >= 11 is 6.13. The number of ketones is 1. The molecule has 1 aliphatic heterocycles. The van der Waals surface area contributed by atoms with E-state index in [0.29, 0.717) is 32.1 Å². The fourth-order valence-corrected chi connectivity index (χ4v) is 11.2. The molecule has 0 spiro atoms. The molecule has 1 fully saturated rings. The predicted octanol–water partition coefficient (Wildman–Crippen LogP) is 4.91. The number of thiophene rings is 1. The van der Waals surface area contributed by atoms with Crippen molar-refractivity contribution in [2.24, 2.45) is 11.8 Å². The van der Waals surface area contributed by atoms with Crippen molar-refractivity contribution in [3.63, 3.8) is 0 Å². The molecule has 0 saturated heterocycles. The van der Waals surface area contributed by atoms with Crippen molar-refractivity contribution in [3.8, 4) is 0 Å². The minimum atomic E-state index is -1.36. The molecule has 2 heterocycles. The number of halogens is 2. The van der Waals surface area contributed by atoms with Crippen LogP contribution in [0.4, 0.5) is 0 Å². The van der Waals surface area contributed by atoms with Crippen LogP contribution < -0.4 is 0 Å². The van der Waals surface area contributed by atoms with Gasteiger partial charge in [0.1, 0.15) is 0 Å². The number of hydrogen-bond acceptors (Lipinski definition) is 5. The number of fused-ring (bicyclic) bond motifs is 1. The van der Waals surface area contributed by atoms with E-state index in [0.717, 1.165) is 16.3 Å². The maximum absolute atomic E-state index is 12.4. The molecule has 0 amide bonds. The molecule has 0 radical (unpaired) electrons. The summed E-state index contributed by atoms with van der Waals surface area (Å²) in [5.74, 6) is -1.39. The molecule has 1 aromatic rings. The number of rotatable bonds is 11. The number of carboxylic acids is 1. The molecule has 1 saturated carbocycles. The first-order valence-electron chi connectivity index (χ1n) is 11.5. The molecule has 5 nitrogen and oxygen atoms in total. The van der Waals surface area contributed by atoms with E-state index < -0.39 is 38.0 Å². The minimum absolute atomic E-state index is 0.113. The molecule has 0 aromatic carbocycles. The molecule has 2 aliphatic rings. The molecular weight excluding hydrogens is 587 g/mol. The maximum atomic E-state index is 12.4. The van der Waals surface area contributed by atoms with Crippen molar-refractivity contribution < 1.29 is 36.5 Å². The first-order chi connectivity index (χ1) is 16.3. The van der Waals surface area contributed by atoms with Crippen LogP contribution in [0.3, 0.4) is 0 Å². The van der Waals surface area contributed by atoms with Gasteiger partial charge in [0.05, 0.1) is 0 Å². The van der Waals surface area contributed by atoms with Crippen LogP contribution in [0.15, 0.2) is 40.5 Å². The number of alkyl halides is 1. The monoisotopic (exact) mass is 619 g/mol. The van der Waals surface area contributed by atoms with Crippen LogP contribution in [0.1, 0.15) is 48.3 Å². The van der Waals surface area contributed by atoms with Crippen LogP contribution in [0, 0.1) is 27.0 Å². The van der Waals surface area contributed by atoms with E-state index >= 15 is 0 Å². The molecule has 34 heavy (non-hydrogen) atoms. The van der Waals surface area contributed by atoms with Crippen molar-refractivity contribution in [3.05, 3.63) is 58.9 Å². The first kappa shape index (κ1) is 27.3. The van der Waals surface area contributed by atoms with Crippen LogP contribution >= 0.6 is 31.2 Å². The zero-order valence-corrected chi connectivity index (χ0v) is 23.0. The first-order valence-corrected chi connectivity index (χ1v) is 17.2. The van der Waals surface area contributed by atoms with E-state index in [2.05, 4.69) is 27.2 Å². The van der Waals surface area contributed by atoms with Gasteiger partial charge in [0, 0.05) is 6.42 Å². The number of aliphatic carboxylic acids is 1. The number of allylic oxidation sites excluding steroid dienone is 5. The molecule has 3 N–H and O–H groups in total. The zero-order chi connectivity index (χ0) is 24.7. The van der Waals surface area contributed by atoms with E-state index in [1.165, 1.54) is 8.45 Å². The molecule has 2 unspecified atom stereocenters. The number of hydrogen-bond donors (Lipinski definition) is 3. The summed E-state index contributed by atoms with van der Waals surface area (Å²) in [6.45, 7) is 0. The van der Waals surface area contributed by atoms with Crippen LogP contribution in [0.25, 0.3) is 6.08 Å². The SMILES string of the molecule is CI1C=CC=Cc2sc(CCC(O)/C=C/[C@H]3CC(O)C(=O)[C@@H]3C/C=C\CCCC(=O)O)c([ClH+])c21. The Morgan fingerprint density at radius 2 is 2.15 bits per heavy atom. The Hall–Kier alpha value is -1.26. The Bertz CT molecular complexity index is 996. The van der Waals surface area contributed by atoms with Gasteiger partial charge in [-0.2, -0.15) is 0 Å². The van der Waals surface area contributed by atoms with Gasteiger partial charge in [-0.3, -0.25) is 4.79 Å². The van der Waals surface area contributed by atoms with Crippen molar-refractivity contribution in [2.45, 2.75) is 57.2 Å². The summed E-state index contributed by atoms with van der Waals surface area (Å²) in [6.07, 6.45) is 15.7. The van der Waals surface area contributed by atoms with Gasteiger partial charge in [-0.25, -0.2) is 0 Å². The van der Waals surface area contributed by atoms with Crippen LogP contribution in [0.5, 0.6) is 0 Å². The topological polar surface area (TPSA) is 94.8 Å². The predicted molar refractivity (Wildman–Crippen MR) is 143 cm³/mol. The molecule has 186 valence electrons. The summed E-state index contributed by atoms with van der Waals surface area (Å²) in [5, 5.41) is 30.3. The molecule has 3 rings (SSSR count). The standard InChI is InChI=1S/C26H32ClIO5S/c1-28-15-7-6-9-22-25(28)24(27)21(34-22)14-13-18(29)12-11-17-16-20(30)26(33)19(17)8-4-2-3-5-10-23(31)32/h2,4,6-7,9,11-12,15,17-20,27,29-30H,3,5,8,10,13-14,16H2,1H3/p+1/b4-2-,12-11+/t17-,18?,19+,20?/m0/s1. The normalized spacial score (nSPS) is 24.3. The number of carboxylic acid groups (broad SMARTS) is 1. The Balaban J connectivity index is 1.53. The van der Waals surface area contributed by atoms with E-state index in [1.54, 1.807) is 17.4 Å². The van der Waals surface area contributed by atoms with Crippen LogP contribution in [-0.2, 0) is 16.0 Å². The number of Topliss-reactive ketones (excluding diaryl/α,β-unsaturated/α-hetero) is 1. The van der Waals surface area contributed by atoms with Gasteiger partial charge in [-0.05, 0) is 12.8 Å². The number of carbonyl (C=O) groups excluding carboxylic acids is 1. The third-order valence-electron chi connectivity index (χ3n) is 6.09. The molecule has 0 bridgehead atoms. The van der Waals surface area contributed by atoms with Gasteiger partial charge < -0.3 is 5.11 Å². The van der Waals surface area contributed by atoms with Gasteiger partial charge >= 0.3 is 183 Å². The average molecular weight is 620 g/mol. The fraction of sp³-hybridized carbons (Fsp3) is 0.462. The number of carbonyl (C=O) groups is 2. The second kappa shape index (κ2) is 13.2. The van der Waals surface area contributed by atoms with Crippen LogP contribution in [0.2, 0.25) is 5.02 Å². The number of unbranched alkanes of at least 4 members (excludes halogenated alkanes) is 1. The molecule has 8 heteroatoms. The number of aliphatic hydroxyl groups excluding tert-OH is 2. The zero-order valence-electron chi connectivity index (χ0n) is 19.2. The van der Waals surface area contributed by atoms with E-state index in [1.807, 2.05) is 18.2 Å². The van der Waals surface area contributed by atoms with Crippen molar-refractivity contribution in [2.75, 3.05) is 4.93 Å². The quantitative estimate of drug-likeness (QED) is 0.142. The van der Waals surface area contributed by atoms with Crippen molar-refractivity contribution >= 4 is 49.0 Å². The summed E-state index contributed by atoms with van der Waals surface area (Å²) in [5.41, 5.74) is 0. The molecule has 1 aliphatic carbocycles. The second-order valence-electron chi connectivity index (χ2n) is 8.63. The average Bonchev–Trinajstić information content (AvgIpc) is 3.17. The second-order valence-corrected chi connectivity index (χ2v) is 14.9. The van der Waals surface area contributed by atoms with Crippen molar-refractivity contribution in [1.29, 1.82) is 0 Å². The summed E-state index contributed by atoms with van der Waals surface area (Å²) in [7, 11) is 0. The van der Waals surface area contributed by atoms with Gasteiger partial charge in [0.15, 0.2) is 0 Å². The Labute approximate surface area is 217 Å². The summed E-state index contributed by atoms with van der Waals surface area (Å²) < 4.78 is 3.65. The Morgan fingerprint density at radius 1 is 1.35 bits per heavy atom. The van der Waals surface area contributed by atoms with E-state index in [4.69, 9.17) is 16.7 Å². The van der Waals surface area contributed by atoms with Crippen molar-refractivity contribution in [1.82, 2.24) is 0 Å². The van der Waals surface area contributed by atoms with E-state index in [-0.39, 0.29) is 24.0 Å². The Kier molecular flexibility index (Phi) is 10.6. The number of aryl methyl sites for hydroxylation is 1. The fourth-order valence-electron chi connectivity index (χ4n) is 4.25.